The fourth-order valence-corrected chi connectivity index (χ4v) is 3.02. The first-order valence-corrected chi connectivity index (χ1v) is 7.47. The lowest BCUT2D eigenvalue weighted by Crippen LogP contribution is -2.06. The summed E-state index contributed by atoms with van der Waals surface area (Å²) < 4.78 is 0. The molecular weight excluding hydrogens is 318 g/mol. The van der Waals surface area contributed by atoms with Crippen molar-refractivity contribution in [3.8, 4) is 17.2 Å². The summed E-state index contributed by atoms with van der Waals surface area (Å²) in [5, 5.41) is 38.1. The van der Waals surface area contributed by atoms with E-state index in [0.717, 1.165) is 0 Å². The molecule has 0 amide bonds. The number of H-pyrrole nitrogens is 1. The zero-order valence-electron chi connectivity index (χ0n) is 12.4. The van der Waals surface area contributed by atoms with Crippen molar-refractivity contribution < 1.29 is 15.3 Å². The Kier molecular flexibility index (Phi) is 5.77. The van der Waals surface area contributed by atoms with Crippen LogP contribution >= 0.6 is 11.6 Å². The van der Waals surface area contributed by atoms with Crippen LogP contribution < -0.4 is 5.73 Å². The van der Waals surface area contributed by atoms with Crippen molar-refractivity contribution in [2.24, 2.45) is 5.73 Å². The SMILES string of the molecule is N#Cc1[nH]c(CCN)c(-c2ccc(CO)c(CO)c2CO)c1Cl. The van der Waals surface area contributed by atoms with Crippen LogP contribution in [0.2, 0.25) is 5.02 Å². The van der Waals surface area contributed by atoms with E-state index in [1.807, 2.05) is 6.07 Å². The van der Waals surface area contributed by atoms with Gasteiger partial charge in [-0.1, -0.05) is 23.7 Å². The number of nitriles is 1. The molecule has 23 heavy (non-hydrogen) atoms. The van der Waals surface area contributed by atoms with E-state index >= 15 is 0 Å². The molecule has 1 heterocycles. The molecule has 0 bridgehead atoms. The van der Waals surface area contributed by atoms with Crippen molar-refractivity contribution in [2.75, 3.05) is 6.54 Å². The van der Waals surface area contributed by atoms with Crippen LogP contribution in [0, 0.1) is 11.3 Å². The summed E-state index contributed by atoms with van der Waals surface area (Å²) in [6.07, 6.45) is 0.484. The third-order valence-electron chi connectivity index (χ3n) is 3.81. The highest BCUT2D eigenvalue weighted by atomic mass is 35.5. The largest absolute Gasteiger partial charge is 0.392 e. The van der Waals surface area contributed by atoms with E-state index in [2.05, 4.69) is 4.98 Å². The zero-order valence-corrected chi connectivity index (χ0v) is 13.2. The highest BCUT2D eigenvalue weighted by Gasteiger charge is 2.21. The van der Waals surface area contributed by atoms with Crippen LogP contribution in [0.15, 0.2) is 12.1 Å². The van der Waals surface area contributed by atoms with Crippen molar-refractivity contribution >= 4 is 11.6 Å². The molecule has 0 saturated heterocycles. The number of aliphatic hydroxyl groups excluding tert-OH is 3. The molecule has 0 aliphatic rings. The molecule has 0 unspecified atom stereocenters. The first-order valence-electron chi connectivity index (χ1n) is 7.09. The maximum atomic E-state index is 9.75. The molecule has 0 aliphatic heterocycles. The average molecular weight is 336 g/mol. The number of aliphatic hydroxyl groups is 3. The van der Waals surface area contributed by atoms with E-state index in [-0.39, 0.29) is 30.5 Å². The molecule has 7 heteroatoms. The molecule has 6 nitrogen and oxygen atoms in total. The Morgan fingerprint density at radius 2 is 1.83 bits per heavy atom. The Morgan fingerprint density at radius 1 is 1.13 bits per heavy atom. The molecule has 122 valence electrons. The molecule has 1 aromatic carbocycles. The second kappa shape index (κ2) is 7.59. The van der Waals surface area contributed by atoms with Crippen LogP contribution in [0.3, 0.4) is 0 Å². The second-order valence-corrected chi connectivity index (χ2v) is 5.40. The number of nitrogens with two attached hydrogens (primary N) is 1. The molecule has 6 N–H and O–H groups in total. The summed E-state index contributed by atoms with van der Waals surface area (Å²) in [7, 11) is 0. The van der Waals surface area contributed by atoms with Crippen LogP contribution in [-0.4, -0.2) is 26.8 Å². The van der Waals surface area contributed by atoms with Crippen molar-refractivity contribution in [1.82, 2.24) is 4.98 Å². The highest BCUT2D eigenvalue weighted by Crippen LogP contribution is 2.38. The van der Waals surface area contributed by atoms with E-state index in [9.17, 15) is 15.3 Å². The van der Waals surface area contributed by atoms with Gasteiger partial charge < -0.3 is 26.0 Å². The third-order valence-corrected chi connectivity index (χ3v) is 4.18. The Morgan fingerprint density at radius 3 is 2.35 bits per heavy atom. The second-order valence-electron chi connectivity index (χ2n) is 5.02. The minimum Gasteiger partial charge on any atom is -0.392 e. The van der Waals surface area contributed by atoms with Gasteiger partial charge in [-0.25, -0.2) is 0 Å². The first kappa shape index (κ1) is 17.5. The molecule has 1 aromatic heterocycles. The van der Waals surface area contributed by atoms with E-state index in [1.165, 1.54) is 0 Å². The zero-order chi connectivity index (χ0) is 17.0. The van der Waals surface area contributed by atoms with Crippen LogP contribution in [0.5, 0.6) is 0 Å². The number of nitrogens with zero attached hydrogens (tertiary/aromatic N) is 1. The third kappa shape index (κ3) is 3.11. The van der Waals surface area contributed by atoms with Crippen molar-refractivity contribution in [3.05, 3.63) is 45.2 Å². The number of hydrogen-bond donors (Lipinski definition) is 5. The van der Waals surface area contributed by atoms with Gasteiger partial charge in [0.2, 0.25) is 0 Å². The molecular formula is C16H18ClN3O3. The van der Waals surface area contributed by atoms with Gasteiger partial charge in [0.15, 0.2) is 0 Å². The highest BCUT2D eigenvalue weighted by molar-refractivity contribution is 6.34. The minimum absolute atomic E-state index is 0.228. The molecule has 0 saturated carbocycles. The summed E-state index contributed by atoms with van der Waals surface area (Å²) in [5.74, 6) is 0. The van der Waals surface area contributed by atoms with Gasteiger partial charge in [-0.3, -0.25) is 0 Å². The van der Waals surface area contributed by atoms with E-state index < -0.39 is 0 Å². The summed E-state index contributed by atoms with van der Waals surface area (Å²) in [6.45, 7) is -0.530. The smallest absolute Gasteiger partial charge is 0.137 e. The lowest BCUT2D eigenvalue weighted by Gasteiger charge is -2.16. The van der Waals surface area contributed by atoms with Gasteiger partial charge in [0.1, 0.15) is 11.8 Å². The summed E-state index contributed by atoms with van der Waals surface area (Å²) in [6, 6.07) is 5.38. The molecule has 0 spiro atoms. The maximum absolute atomic E-state index is 9.75. The molecule has 2 rings (SSSR count). The topological polar surface area (TPSA) is 126 Å². The van der Waals surface area contributed by atoms with Gasteiger partial charge in [0.05, 0.1) is 24.8 Å². The van der Waals surface area contributed by atoms with E-state index in [4.69, 9.17) is 22.6 Å². The Hall–Kier alpha value is -1.88. The predicted octanol–water partition coefficient (Wildman–Crippen LogP) is 1.18. The Balaban J connectivity index is 2.76. The average Bonchev–Trinajstić information content (AvgIpc) is 2.89. The molecule has 0 fully saturated rings. The van der Waals surface area contributed by atoms with Crippen LogP contribution in [0.1, 0.15) is 28.1 Å². The number of rotatable bonds is 6. The predicted molar refractivity (Wildman–Crippen MR) is 86.5 cm³/mol. The van der Waals surface area contributed by atoms with Crippen molar-refractivity contribution in [1.29, 1.82) is 5.26 Å². The number of nitrogens with one attached hydrogen (secondary N) is 1. The fourth-order valence-electron chi connectivity index (χ4n) is 2.72. The molecule has 0 atom stereocenters. The Bertz CT molecular complexity index is 750. The van der Waals surface area contributed by atoms with E-state index in [1.54, 1.807) is 12.1 Å². The summed E-state index contributed by atoms with van der Waals surface area (Å²) in [5.41, 5.74) is 9.21. The van der Waals surface area contributed by atoms with Gasteiger partial charge in [-0.15, -0.1) is 0 Å². The summed E-state index contributed by atoms with van der Waals surface area (Å²) >= 11 is 6.31. The lowest BCUT2D eigenvalue weighted by atomic mass is 9.92. The number of aromatic amines is 1. The molecule has 0 radical (unpaired) electrons. The number of aromatic nitrogens is 1. The van der Waals surface area contributed by atoms with Gasteiger partial charge in [0, 0.05) is 17.7 Å². The molecule has 2 aromatic rings. The Labute approximate surface area is 138 Å². The lowest BCUT2D eigenvalue weighted by molar-refractivity contribution is 0.248. The monoisotopic (exact) mass is 335 g/mol. The van der Waals surface area contributed by atoms with Crippen LogP contribution in [0.4, 0.5) is 0 Å². The van der Waals surface area contributed by atoms with Crippen LogP contribution in [0.25, 0.3) is 11.1 Å². The van der Waals surface area contributed by atoms with E-state index in [0.29, 0.717) is 46.5 Å². The van der Waals surface area contributed by atoms with Crippen molar-refractivity contribution in [3.63, 3.8) is 0 Å². The summed E-state index contributed by atoms with van der Waals surface area (Å²) in [4.78, 5) is 2.95. The minimum atomic E-state index is -0.329. The van der Waals surface area contributed by atoms with Crippen LogP contribution in [-0.2, 0) is 26.2 Å². The number of halogens is 1. The van der Waals surface area contributed by atoms with Crippen molar-refractivity contribution in [2.45, 2.75) is 26.2 Å². The first-order chi connectivity index (χ1) is 11.1. The van der Waals surface area contributed by atoms with Gasteiger partial charge in [-0.05, 0) is 28.8 Å². The number of hydrogen-bond acceptors (Lipinski definition) is 5. The molecule has 0 aliphatic carbocycles. The fraction of sp³-hybridized carbons (Fsp3) is 0.312. The normalized spacial score (nSPS) is 10.8. The number of benzene rings is 1. The van der Waals surface area contributed by atoms with Gasteiger partial charge >= 0.3 is 0 Å². The maximum Gasteiger partial charge on any atom is 0.137 e. The standard InChI is InChI=1S/C16H18ClN3O3/c17-16-14(5-19)20-13(3-4-18)15(16)10-2-1-9(6-21)11(7-22)12(10)8-23/h1-2,20-23H,3-4,6-8,18H2. The quantitative estimate of drug-likeness (QED) is 0.542. The van der Waals surface area contributed by atoms with Gasteiger partial charge in [0.25, 0.3) is 0 Å². The van der Waals surface area contributed by atoms with Gasteiger partial charge in [-0.2, -0.15) is 5.26 Å².